The zero-order valence-electron chi connectivity index (χ0n) is 8.90. The van der Waals surface area contributed by atoms with Crippen molar-refractivity contribution in [1.82, 2.24) is 10.3 Å². The molecule has 1 aromatic heterocycles. The molecule has 0 saturated heterocycles. The topological polar surface area (TPSA) is 34.2 Å². The lowest BCUT2D eigenvalue weighted by atomic mass is 10.1. The zero-order chi connectivity index (χ0) is 10.5. The minimum atomic E-state index is 0.337. The predicted octanol–water partition coefficient (Wildman–Crippen LogP) is 2.23. The molecule has 82 valence electrons. The summed E-state index contributed by atoms with van der Waals surface area (Å²) in [5.74, 6) is 0. The van der Waals surface area contributed by atoms with E-state index in [0.29, 0.717) is 6.10 Å². The molecule has 0 fully saturated rings. The molecule has 2 rings (SSSR count). The second kappa shape index (κ2) is 5.28. The Morgan fingerprint density at radius 2 is 2.60 bits per heavy atom. The van der Waals surface area contributed by atoms with Crippen LogP contribution in [-0.2, 0) is 11.3 Å². The van der Waals surface area contributed by atoms with Crippen molar-refractivity contribution < 1.29 is 4.74 Å². The zero-order valence-corrected chi connectivity index (χ0v) is 9.72. The van der Waals surface area contributed by atoms with Gasteiger partial charge < -0.3 is 10.1 Å². The van der Waals surface area contributed by atoms with E-state index >= 15 is 0 Å². The molecule has 0 amide bonds. The van der Waals surface area contributed by atoms with E-state index in [9.17, 15) is 0 Å². The molecule has 1 aliphatic heterocycles. The molecular formula is C11H16N2OS. The fraction of sp³-hybridized carbons (Fsp3) is 0.545. The van der Waals surface area contributed by atoms with Crippen LogP contribution in [0.15, 0.2) is 18.5 Å². The van der Waals surface area contributed by atoms with Crippen molar-refractivity contribution in [3.05, 3.63) is 28.4 Å². The summed E-state index contributed by atoms with van der Waals surface area (Å²) in [5, 5.41) is 4.52. The van der Waals surface area contributed by atoms with Crippen LogP contribution in [-0.4, -0.2) is 17.6 Å². The third-order valence-electron chi connectivity index (χ3n) is 2.36. The van der Waals surface area contributed by atoms with Gasteiger partial charge in [-0.3, -0.25) is 0 Å². The first kappa shape index (κ1) is 10.6. The van der Waals surface area contributed by atoms with Crippen molar-refractivity contribution in [2.24, 2.45) is 0 Å². The Balaban J connectivity index is 1.68. The number of hydrogen-bond donors (Lipinski definition) is 1. The van der Waals surface area contributed by atoms with Gasteiger partial charge in [-0.2, -0.15) is 0 Å². The Morgan fingerprint density at radius 1 is 1.67 bits per heavy atom. The summed E-state index contributed by atoms with van der Waals surface area (Å²) in [6.45, 7) is 3.85. The second-order valence-electron chi connectivity index (χ2n) is 3.68. The van der Waals surface area contributed by atoms with Crippen LogP contribution in [0.25, 0.3) is 0 Å². The van der Waals surface area contributed by atoms with Gasteiger partial charge in [-0.05, 0) is 25.8 Å². The molecule has 1 N–H and O–H groups in total. The molecule has 2 heterocycles. The smallest absolute Gasteiger partial charge is 0.110 e. The first-order chi connectivity index (χ1) is 7.34. The van der Waals surface area contributed by atoms with E-state index in [1.54, 1.807) is 11.3 Å². The standard InChI is InChI=1S/C11H16N2OS/c1-9-13-8-11(15-9)7-12-6-10-4-2-3-5-14-10/h3,5,8,10,12H,2,4,6-7H2,1H3. The minimum absolute atomic E-state index is 0.337. The van der Waals surface area contributed by atoms with Crippen LogP contribution >= 0.6 is 11.3 Å². The number of aryl methyl sites for hydroxylation is 1. The first-order valence-electron chi connectivity index (χ1n) is 5.27. The maximum atomic E-state index is 5.47. The maximum absolute atomic E-state index is 5.47. The number of allylic oxidation sites excluding steroid dienone is 1. The van der Waals surface area contributed by atoms with Crippen LogP contribution in [0.4, 0.5) is 0 Å². The molecule has 1 unspecified atom stereocenters. The highest BCUT2D eigenvalue weighted by atomic mass is 32.1. The Kier molecular flexibility index (Phi) is 3.75. The average molecular weight is 224 g/mol. The number of nitrogens with zero attached hydrogens (tertiary/aromatic N) is 1. The summed E-state index contributed by atoms with van der Waals surface area (Å²) < 4.78 is 5.47. The SMILES string of the molecule is Cc1ncc(CNCC2CCC=CO2)s1. The second-order valence-corrected chi connectivity index (χ2v) is 5.00. The predicted molar refractivity (Wildman–Crippen MR) is 61.8 cm³/mol. The third kappa shape index (κ3) is 3.32. The molecule has 0 aliphatic carbocycles. The highest BCUT2D eigenvalue weighted by Gasteiger charge is 2.10. The van der Waals surface area contributed by atoms with Gasteiger partial charge in [-0.25, -0.2) is 4.98 Å². The summed E-state index contributed by atoms with van der Waals surface area (Å²) >= 11 is 1.75. The minimum Gasteiger partial charge on any atom is -0.497 e. The third-order valence-corrected chi connectivity index (χ3v) is 3.28. The van der Waals surface area contributed by atoms with E-state index in [0.717, 1.165) is 30.9 Å². The number of nitrogens with one attached hydrogen (secondary N) is 1. The Morgan fingerprint density at radius 3 is 3.27 bits per heavy atom. The van der Waals surface area contributed by atoms with Crippen LogP contribution in [0.2, 0.25) is 0 Å². The van der Waals surface area contributed by atoms with Gasteiger partial charge in [0.05, 0.1) is 11.3 Å². The molecule has 0 spiro atoms. The lowest BCUT2D eigenvalue weighted by Crippen LogP contribution is -2.28. The van der Waals surface area contributed by atoms with Gasteiger partial charge in [0.2, 0.25) is 0 Å². The highest BCUT2D eigenvalue weighted by molar-refractivity contribution is 7.11. The first-order valence-corrected chi connectivity index (χ1v) is 6.09. The quantitative estimate of drug-likeness (QED) is 0.851. The van der Waals surface area contributed by atoms with E-state index in [4.69, 9.17) is 4.74 Å². The molecular weight excluding hydrogens is 208 g/mol. The van der Waals surface area contributed by atoms with Crippen LogP contribution in [0, 0.1) is 6.92 Å². The normalized spacial score (nSPS) is 20.2. The molecule has 0 bridgehead atoms. The largest absolute Gasteiger partial charge is 0.497 e. The van der Waals surface area contributed by atoms with Gasteiger partial charge in [0, 0.05) is 24.2 Å². The molecule has 15 heavy (non-hydrogen) atoms. The van der Waals surface area contributed by atoms with Gasteiger partial charge in [-0.1, -0.05) is 0 Å². The fourth-order valence-electron chi connectivity index (χ4n) is 1.58. The highest BCUT2D eigenvalue weighted by Crippen LogP contribution is 2.12. The molecule has 1 atom stereocenters. The molecule has 0 radical (unpaired) electrons. The molecule has 1 aliphatic rings. The Hall–Kier alpha value is -0.870. The van der Waals surface area contributed by atoms with Crippen molar-refractivity contribution in [2.75, 3.05) is 6.54 Å². The van der Waals surface area contributed by atoms with E-state index in [1.807, 2.05) is 19.4 Å². The maximum Gasteiger partial charge on any atom is 0.110 e. The van der Waals surface area contributed by atoms with E-state index in [1.165, 1.54) is 4.88 Å². The number of aromatic nitrogens is 1. The lowest BCUT2D eigenvalue weighted by molar-refractivity contribution is 0.122. The molecule has 4 heteroatoms. The summed E-state index contributed by atoms with van der Waals surface area (Å²) in [5.41, 5.74) is 0. The molecule has 0 aromatic carbocycles. The van der Waals surface area contributed by atoms with Gasteiger partial charge in [-0.15, -0.1) is 11.3 Å². The van der Waals surface area contributed by atoms with Gasteiger partial charge in [0.25, 0.3) is 0 Å². The molecule has 3 nitrogen and oxygen atoms in total. The molecule has 0 saturated carbocycles. The summed E-state index contributed by atoms with van der Waals surface area (Å²) in [6.07, 6.45) is 8.41. The summed E-state index contributed by atoms with van der Waals surface area (Å²) in [7, 11) is 0. The van der Waals surface area contributed by atoms with E-state index < -0.39 is 0 Å². The number of hydrogen-bond acceptors (Lipinski definition) is 4. The van der Waals surface area contributed by atoms with Crippen molar-refractivity contribution in [2.45, 2.75) is 32.4 Å². The summed E-state index contributed by atoms with van der Waals surface area (Å²) in [6, 6.07) is 0. The van der Waals surface area contributed by atoms with Crippen LogP contribution in [0.5, 0.6) is 0 Å². The Labute approximate surface area is 94.2 Å². The van der Waals surface area contributed by atoms with Gasteiger partial charge >= 0.3 is 0 Å². The van der Waals surface area contributed by atoms with Crippen molar-refractivity contribution >= 4 is 11.3 Å². The van der Waals surface area contributed by atoms with Crippen molar-refractivity contribution in [3.8, 4) is 0 Å². The van der Waals surface area contributed by atoms with Gasteiger partial charge in [0.15, 0.2) is 0 Å². The number of rotatable bonds is 4. The lowest BCUT2D eigenvalue weighted by Gasteiger charge is -2.19. The van der Waals surface area contributed by atoms with Gasteiger partial charge in [0.1, 0.15) is 6.10 Å². The molecule has 1 aromatic rings. The van der Waals surface area contributed by atoms with Crippen molar-refractivity contribution in [3.63, 3.8) is 0 Å². The number of thiazole rings is 1. The van der Waals surface area contributed by atoms with E-state index in [-0.39, 0.29) is 0 Å². The Bertz CT molecular complexity index is 335. The van der Waals surface area contributed by atoms with Crippen LogP contribution in [0.1, 0.15) is 22.7 Å². The number of ether oxygens (including phenoxy) is 1. The summed E-state index contributed by atoms with van der Waals surface area (Å²) in [4.78, 5) is 5.51. The fourth-order valence-corrected chi connectivity index (χ4v) is 2.34. The van der Waals surface area contributed by atoms with Crippen molar-refractivity contribution in [1.29, 1.82) is 0 Å². The monoisotopic (exact) mass is 224 g/mol. The van der Waals surface area contributed by atoms with Crippen LogP contribution in [0.3, 0.4) is 0 Å². The average Bonchev–Trinajstić information content (AvgIpc) is 2.66. The van der Waals surface area contributed by atoms with E-state index in [2.05, 4.69) is 16.4 Å². The van der Waals surface area contributed by atoms with Crippen LogP contribution < -0.4 is 5.32 Å².